The second-order valence-corrected chi connectivity index (χ2v) is 5.01. The first kappa shape index (κ1) is 14.2. The number of carbonyl (C=O) groups excluding carboxylic acids is 1. The molecule has 2 aromatic rings. The van der Waals surface area contributed by atoms with E-state index in [2.05, 4.69) is 33.6 Å². The van der Waals surface area contributed by atoms with Crippen LogP contribution in [0.4, 0.5) is 0 Å². The van der Waals surface area contributed by atoms with Gasteiger partial charge in [-0.05, 0) is 25.0 Å². The van der Waals surface area contributed by atoms with Crippen LogP contribution in [0.25, 0.3) is 0 Å². The standard InChI is InChI=1S/C15H20N4O/c1-11-4-5-12(2)13(8-11)9-15(20)16-7-6-14-17-10-18-19(14)3/h4-5,8,10H,6-7,9H2,1-3H3,(H,16,20). The number of hydrogen-bond acceptors (Lipinski definition) is 3. The van der Waals surface area contributed by atoms with Gasteiger partial charge in [0.15, 0.2) is 0 Å². The Labute approximate surface area is 119 Å². The van der Waals surface area contributed by atoms with Gasteiger partial charge >= 0.3 is 0 Å². The molecule has 1 amide bonds. The molecule has 1 aromatic carbocycles. The number of nitrogens with zero attached hydrogens (tertiary/aromatic N) is 3. The van der Waals surface area contributed by atoms with Gasteiger partial charge in [0.2, 0.25) is 5.91 Å². The summed E-state index contributed by atoms with van der Waals surface area (Å²) >= 11 is 0. The third-order valence-electron chi connectivity index (χ3n) is 3.33. The normalized spacial score (nSPS) is 10.6. The van der Waals surface area contributed by atoms with Gasteiger partial charge in [-0.3, -0.25) is 9.48 Å². The third-order valence-corrected chi connectivity index (χ3v) is 3.33. The van der Waals surface area contributed by atoms with Crippen molar-refractivity contribution in [3.8, 4) is 0 Å². The summed E-state index contributed by atoms with van der Waals surface area (Å²) in [4.78, 5) is 16.1. The summed E-state index contributed by atoms with van der Waals surface area (Å²) in [6.45, 7) is 4.65. The number of aromatic nitrogens is 3. The van der Waals surface area contributed by atoms with E-state index >= 15 is 0 Å². The lowest BCUT2D eigenvalue weighted by molar-refractivity contribution is -0.120. The molecule has 20 heavy (non-hydrogen) atoms. The van der Waals surface area contributed by atoms with Crippen LogP contribution in [0, 0.1) is 13.8 Å². The highest BCUT2D eigenvalue weighted by atomic mass is 16.1. The first-order valence-electron chi connectivity index (χ1n) is 6.72. The molecule has 1 aromatic heterocycles. The summed E-state index contributed by atoms with van der Waals surface area (Å²) in [6, 6.07) is 6.18. The van der Waals surface area contributed by atoms with Crippen molar-refractivity contribution in [2.24, 2.45) is 7.05 Å². The van der Waals surface area contributed by atoms with Crippen LogP contribution in [0.5, 0.6) is 0 Å². The van der Waals surface area contributed by atoms with E-state index in [-0.39, 0.29) is 5.91 Å². The molecule has 0 saturated heterocycles. The maximum atomic E-state index is 11.9. The van der Waals surface area contributed by atoms with Crippen LogP contribution in [-0.2, 0) is 24.7 Å². The van der Waals surface area contributed by atoms with Crippen molar-refractivity contribution in [3.63, 3.8) is 0 Å². The van der Waals surface area contributed by atoms with E-state index in [0.29, 0.717) is 19.4 Å². The van der Waals surface area contributed by atoms with Gasteiger partial charge < -0.3 is 5.32 Å². The fourth-order valence-electron chi connectivity index (χ4n) is 2.09. The lowest BCUT2D eigenvalue weighted by Gasteiger charge is -2.08. The van der Waals surface area contributed by atoms with Crippen molar-refractivity contribution in [1.29, 1.82) is 0 Å². The summed E-state index contributed by atoms with van der Waals surface area (Å²) in [5.41, 5.74) is 3.41. The lowest BCUT2D eigenvalue weighted by Crippen LogP contribution is -2.28. The molecule has 0 radical (unpaired) electrons. The number of amides is 1. The van der Waals surface area contributed by atoms with Crippen LogP contribution in [0.15, 0.2) is 24.5 Å². The van der Waals surface area contributed by atoms with Crippen LogP contribution >= 0.6 is 0 Å². The Morgan fingerprint density at radius 3 is 2.85 bits per heavy atom. The molecule has 0 bridgehead atoms. The van der Waals surface area contributed by atoms with E-state index in [9.17, 15) is 4.79 Å². The Hall–Kier alpha value is -2.17. The molecule has 0 saturated carbocycles. The van der Waals surface area contributed by atoms with Gasteiger partial charge in [0.1, 0.15) is 12.2 Å². The number of rotatable bonds is 5. The minimum atomic E-state index is 0.0425. The largest absolute Gasteiger partial charge is 0.355 e. The highest BCUT2D eigenvalue weighted by molar-refractivity contribution is 5.78. The van der Waals surface area contributed by atoms with Crippen molar-refractivity contribution < 1.29 is 4.79 Å². The zero-order chi connectivity index (χ0) is 14.5. The van der Waals surface area contributed by atoms with E-state index in [1.807, 2.05) is 20.9 Å². The molecule has 0 aliphatic heterocycles. The van der Waals surface area contributed by atoms with E-state index in [0.717, 1.165) is 17.0 Å². The van der Waals surface area contributed by atoms with Crippen LogP contribution in [-0.4, -0.2) is 27.2 Å². The maximum Gasteiger partial charge on any atom is 0.224 e. The monoisotopic (exact) mass is 272 g/mol. The fourth-order valence-corrected chi connectivity index (χ4v) is 2.09. The molecule has 0 unspecified atom stereocenters. The van der Waals surface area contributed by atoms with Gasteiger partial charge in [0.25, 0.3) is 0 Å². The maximum absolute atomic E-state index is 11.9. The number of carbonyl (C=O) groups is 1. The molecule has 0 fully saturated rings. The van der Waals surface area contributed by atoms with Gasteiger partial charge in [-0.25, -0.2) is 4.98 Å². The predicted molar refractivity (Wildman–Crippen MR) is 77.3 cm³/mol. The second-order valence-electron chi connectivity index (χ2n) is 5.01. The Bertz CT molecular complexity index is 604. The van der Waals surface area contributed by atoms with E-state index < -0.39 is 0 Å². The summed E-state index contributed by atoms with van der Waals surface area (Å²) in [5.74, 6) is 0.915. The number of nitrogens with one attached hydrogen (secondary N) is 1. The number of hydrogen-bond donors (Lipinski definition) is 1. The van der Waals surface area contributed by atoms with Crippen LogP contribution in [0.3, 0.4) is 0 Å². The molecule has 2 rings (SSSR count). The second kappa shape index (κ2) is 6.32. The molecule has 5 heteroatoms. The smallest absolute Gasteiger partial charge is 0.224 e. The minimum Gasteiger partial charge on any atom is -0.355 e. The molecular formula is C15H20N4O. The fraction of sp³-hybridized carbons (Fsp3) is 0.400. The van der Waals surface area contributed by atoms with Gasteiger partial charge in [0, 0.05) is 20.0 Å². The Balaban J connectivity index is 1.84. The Kier molecular flexibility index (Phi) is 4.50. The molecule has 0 atom stereocenters. The molecule has 0 aliphatic rings. The molecule has 0 spiro atoms. The average molecular weight is 272 g/mol. The van der Waals surface area contributed by atoms with Crippen LogP contribution in [0.2, 0.25) is 0 Å². The van der Waals surface area contributed by atoms with E-state index in [1.54, 1.807) is 4.68 Å². The topological polar surface area (TPSA) is 59.8 Å². The number of aryl methyl sites for hydroxylation is 3. The summed E-state index contributed by atoms with van der Waals surface area (Å²) < 4.78 is 1.72. The molecule has 0 aliphatic carbocycles. The summed E-state index contributed by atoms with van der Waals surface area (Å²) in [7, 11) is 1.85. The highest BCUT2D eigenvalue weighted by Crippen LogP contribution is 2.11. The zero-order valence-electron chi connectivity index (χ0n) is 12.2. The lowest BCUT2D eigenvalue weighted by atomic mass is 10.0. The minimum absolute atomic E-state index is 0.0425. The molecule has 106 valence electrons. The van der Waals surface area contributed by atoms with Crippen molar-refractivity contribution >= 4 is 5.91 Å². The van der Waals surface area contributed by atoms with Gasteiger partial charge in [0.05, 0.1) is 6.42 Å². The first-order valence-corrected chi connectivity index (χ1v) is 6.72. The summed E-state index contributed by atoms with van der Waals surface area (Å²) in [5, 5.41) is 6.92. The molecule has 1 N–H and O–H groups in total. The highest BCUT2D eigenvalue weighted by Gasteiger charge is 2.07. The molecule has 5 nitrogen and oxygen atoms in total. The molecule has 1 heterocycles. The number of benzene rings is 1. The van der Waals surface area contributed by atoms with E-state index in [1.165, 1.54) is 11.9 Å². The van der Waals surface area contributed by atoms with Gasteiger partial charge in [-0.1, -0.05) is 23.8 Å². The quantitative estimate of drug-likeness (QED) is 0.893. The Morgan fingerprint density at radius 2 is 2.15 bits per heavy atom. The van der Waals surface area contributed by atoms with Gasteiger partial charge in [-0.2, -0.15) is 5.10 Å². The van der Waals surface area contributed by atoms with Crippen LogP contribution < -0.4 is 5.32 Å². The predicted octanol–water partition coefficient (Wildman–Crippen LogP) is 1.33. The SMILES string of the molecule is Cc1ccc(C)c(CC(=O)NCCc2ncnn2C)c1. The average Bonchev–Trinajstić information content (AvgIpc) is 2.80. The summed E-state index contributed by atoms with van der Waals surface area (Å²) in [6.07, 6.45) is 2.63. The van der Waals surface area contributed by atoms with Crippen molar-refractivity contribution in [2.75, 3.05) is 6.54 Å². The van der Waals surface area contributed by atoms with Crippen molar-refractivity contribution in [1.82, 2.24) is 20.1 Å². The first-order chi connectivity index (χ1) is 9.56. The van der Waals surface area contributed by atoms with E-state index in [4.69, 9.17) is 0 Å². The van der Waals surface area contributed by atoms with Crippen LogP contribution in [0.1, 0.15) is 22.5 Å². The van der Waals surface area contributed by atoms with Gasteiger partial charge in [-0.15, -0.1) is 0 Å². The third kappa shape index (κ3) is 3.66. The zero-order valence-corrected chi connectivity index (χ0v) is 12.2. The van der Waals surface area contributed by atoms with Crippen molar-refractivity contribution in [2.45, 2.75) is 26.7 Å². The Morgan fingerprint density at radius 1 is 1.35 bits per heavy atom. The molecular weight excluding hydrogens is 252 g/mol. The van der Waals surface area contributed by atoms with Crippen molar-refractivity contribution in [3.05, 3.63) is 47.0 Å².